The highest BCUT2D eigenvalue weighted by Crippen LogP contribution is 2.42. The number of amides is 1. The van der Waals surface area contributed by atoms with Crippen molar-refractivity contribution in [3.8, 4) is 5.75 Å². The third-order valence-electron chi connectivity index (χ3n) is 3.63. The van der Waals surface area contributed by atoms with E-state index in [0.717, 1.165) is 17.8 Å². The van der Waals surface area contributed by atoms with Gasteiger partial charge in [0.05, 0.1) is 12.0 Å². The van der Waals surface area contributed by atoms with Crippen LogP contribution in [0.15, 0.2) is 29.2 Å². The molecule has 25 heavy (non-hydrogen) atoms. The molecule has 1 saturated carbocycles. The quantitative estimate of drug-likeness (QED) is 0.719. The zero-order valence-corrected chi connectivity index (χ0v) is 15.2. The first kappa shape index (κ1) is 17.8. The van der Waals surface area contributed by atoms with Crippen molar-refractivity contribution in [1.29, 1.82) is 0 Å². The van der Waals surface area contributed by atoms with E-state index >= 15 is 0 Å². The van der Waals surface area contributed by atoms with Crippen molar-refractivity contribution in [3.05, 3.63) is 29.3 Å². The van der Waals surface area contributed by atoms with Gasteiger partial charge in [0.1, 0.15) is 10.8 Å². The topological polar surface area (TPSA) is 110 Å². The maximum Gasteiger partial charge on any atom is 0.240 e. The predicted molar refractivity (Wildman–Crippen MR) is 93.3 cm³/mol. The fraction of sp³-hybridized carbons (Fsp3) is 0.400. The Morgan fingerprint density at radius 3 is 2.64 bits per heavy atom. The molecular formula is C15H18N4O4S2. The molecule has 0 bridgehead atoms. The Balaban J connectivity index is 1.47. The Morgan fingerprint density at radius 1 is 1.28 bits per heavy atom. The van der Waals surface area contributed by atoms with Crippen molar-refractivity contribution in [3.63, 3.8) is 0 Å². The molecule has 1 aromatic carbocycles. The normalized spacial score (nSPS) is 14.3. The Kier molecular flexibility index (Phi) is 5.30. The predicted octanol–water partition coefficient (Wildman–Crippen LogP) is 1.73. The number of sulfonamides is 1. The second kappa shape index (κ2) is 7.46. The van der Waals surface area contributed by atoms with Crippen LogP contribution in [0.3, 0.4) is 0 Å². The Labute approximate surface area is 149 Å². The molecule has 1 heterocycles. The third kappa shape index (κ3) is 4.74. The second-order valence-electron chi connectivity index (χ2n) is 5.59. The van der Waals surface area contributed by atoms with Gasteiger partial charge in [-0.25, -0.2) is 13.1 Å². The molecule has 0 atom stereocenters. The summed E-state index contributed by atoms with van der Waals surface area (Å²) in [5.74, 6) is 0.747. The van der Waals surface area contributed by atoms with Gasteiger partial charge in [0.25, 0.3) is 0 Å². The number of hydrogen-bond donors (Lipinski definition) is 2. The fourth-order valence-electron chi connectivity index (χ4n) is 2.10. The molecule has 2 aromatic rings. The van der Waals surface area contributed by atoms with Crippen LogP contribution in [0.2, 0.25) is 0 Å². The summed E-state index contributed by atoms with van der Waals surface area (Å²) >= 11 is 1.37. The molecule has 8 nitrogen and oxygen atoms in total. The Morgan fingerprint density at radius 2 is 2.00 bits per heavy atom. The minimum atomic E-state index is -3.66. The van der Waals surface area contributed by atoms with Crippen molar-refractivity contribution in [2.24, 2.45) is 0 Å². The highest BCUT2D eigenvalue weighted by atomic mass is 32.2. The average molecular weight is 382 g/mol. The van der Waals surface area contributed by atoms with Gasteiger partial charge in [0.15, 0.2) is 0 Å². The number of aromatic nitrogens is 2. The lowest BCUT2D eigenvalue weighted by Gasteiger charge is -2.07. The molecule has 134 valence electrons. The summed E-state index contributed by atoms with van der Waals surface area (Å²) in [6.45, 7) is -0.00547. The standard InChI is InChI=1S/C15H18N4O4S2/c1-23-11-4-6-12(7-5-11)25(21,22)16-9-8-13(20)17-15-19-18-14(24-15)10-2-3-10/h4-7,10,16H,2-3,8-9H2,1H3,(H,17,19,20). The molecule has 0 saturated heterocycles. The molecule has 10 heteroatoms. The molecule has 2 N–H and O–H groups in total. The van der Waals surface area contributed by atoms with Crippen LogP contribution >= 0.6 is 11.3 Å². The number of methoxy groups -OCH3 is 1. The van der Waals surface area contributed by atoms with Crippen molar-refractivity contribution < 1.29 is 17.9 Å². The summed E-state index contributed by atoms with van der Waals surface area (Å²) in [5, 5.41) is 12.0. The van der Waals surface area contributed by atoms with Crippen LogP contribution in [0.5, 0.6) is 5.75 Å². The van der Waals surface area contributed by atoms with Crippen LogP contribution in [0.25, 0.3) is 0 Å². The molecule has 0 aliphatic heterocycles. The number of hydrogen-bond acceptors (Lipinski definition) is 7. The molecule has 0 radical (unpaired) electrons. The SMILES string of the molecule is COc1ccc(S(=O)(=O)NCCC(=O)Nc2nnc(C3CC3)s2)cc1. The number of benzene rings is 1. The van der Waals surface area contributed by atoms with Gasteiger partial charge < -0.3 is 10.1 Å². The van der Waals surface area contributed by atoms with Crippen LogP contribution in [-0.2, 0) is 14.8 Å². The third-order valence-corrected chi connectivity index (χ3v) is 6.11. The fourth-order valence-corrected chi connectivity index (χ4v) is 4.06. The van der Waals surface area contributed by atoms with Gasteiger partial charge in [-0.1, -0.05) is 11.3 Å². The summed E-state index contributed by atoms with van der Waals surface area (Å²) < 4.78 is 31.7. The summed E-state index contributed by atoms with van der Waals surface area (Å²) in [6.07, 6.45) is 2.25. The first-order valence-corrected chi connectivity index (χ1v) is 10.0. The monoisotopic (exact) mass is 382 g/mol. The zero-order valence-electron chi connectivity index (χ0n) is 13.6. The molecular weight excluding hydrogens is 364 g/mol. The molecule has 3 rings (SSSR count). The maximum atomic E-state index is 12.2. The van der Waals surface area contributed by atoms with E-state index in [-0.39, 0.29) is 23.8 Å². The number of carbonyl (C=O) groups is 1. The molecule has 1 amide bonds. The van der Waals surface area contributed by atoms with Gasteiger partial charge >= 0.3 is 0 Å². The van der Waals surface area contributed by atoms with Crippen LogP contribution in [0.4, 0.5) is 5.13 Å². The number of ether oxygens (including phenoxy) is 1. The first-order chi connectivity index (χ1) is 12.0. The van der Waals surface area contributed by atoms with E-state index in [4.69, 9.17) is 4.74 Å². The summed E-state index contributed by atoms with van der Waals surface area (Å²) in [5.41, 5.74) is 0. The minimum Gasteiger partial charge on any atom is -0.497 e. The molecule has 1 aliphatic carbocycles. The van der Waals surface area contributed by atoms with E-state index < -0.39 is 10.0 Å². The maximum absolute atomic E-state index is 12.2. The van der Waals surface area contributed by atoms with Crippen molar-refractivity contribution >= 4 is 32.4 Å². The summed E-state index contributed by atoms with van der Waals surface area (Å²) in [6, 6.07) is 6.02. The highest BCUT2D eigenvalue weighted by Gasteiger charge is 2.27. The van der Waals surface area contributed by atoms with Crippen LogP contribution in [0, 0.1) is 0 Å². The average Bonchev–Trinajstić information content (AvgIpc) is 3.35. The number of nitrogens with zero attached hydrogens (tertiary/aromatic N) is 2. The van der Waals surface area contributed by atoms with Crippen molar-refractivity contribution in [2.75, 3.05) is 19.0 Å². The molecule has 0 unspecified atom stereocenters. The zero-order chi connectivity index (χ0) is 17.9. The number of carbonyl (C=O) groups excluding carboxylic acids is 1. The number of anilines is 1. The van der Waals surface area contributed by atoms with Crippen LogP contribution < -0.4 is 14.8 Å². The molecule has 1 aliphatic rings. The van der Waals surface area contributed by atoms with E-state index in [0.29, 0.717) is 16.8 Å². The van der Waals surface area contributed by atoms with Crippen LogP contribution in [-0.4, -0.2) is 38.2 Å². The Bertz CT molecular complexity index is 845. The van der Waals surface area contributed by atoms with Gasteiger partial charge in [-0.2, -0.15) is 0 Å². The van der Waals surface area contributed by atoms with Gasteiger partial charge in [0, 0.05) is 18.9 Å². The Hall–Kier alpha value is -2.04. The smallest absolute Gasteiger partial charge is 0.240 e. The van der Waals surface area contributed by atoms with E-state index in [1.54, 1.807) is 12.1 Å². The highest BCUT2D eigenvalue weighted by molar-refractivity contribution is 7.89. The van der Waals surface area contributed by atoms with Crippen LogP contribution in [0.1, 0.15) is 30.2 Å². The van der Waals surface area contributed by atoms with Gasteiger partial charge in [-0.05, 0) is 37.1 Å². The molecule has 1 fully saturated rings. The van der Waals surface area contributed by atoms with E-state index in [2.05, 4.69) is 20.2 Å². The van der Waals surface area contributed by atoms with Crippen molar-refractivity contribution in [1.82, 2.24) is 14.9 Å². The van der Waals surface area contributed by atoms with Crippen molar-refractivity contribution in [2.45, 2.75) is 30.1 Å². The van der Waals surface area contributed by atoms with Gasteiger partial charge in [0.2, 0.25) is 21.1 Å². The molecule has 0 spiro atoms. The summed E-state index contributed by atoms with van der Waals surface area (Å²) in [7, 11) is -2.16. The van der Waals surface area contributed by atoms with E-state index in [1.807, 2.05) is 0 Å². The lowest BCUT2D eigenvalue weighted by molar-refractivity contribution is -0.116. The molecule has 1 aromatic heterocycles. The van der Waals surface area contributed by atoms with E-state index in [9.17, 15) is 13.2 Å². The van der Waals surface area contributed by atoms with Gasteiger partial charge in [-0.15, -0.1) is 10.2 Å². The lowest BCUT2D eigenvalue weighted by Crippen LogP contribution is -2.27. The van der Waals surface area contributed by atoms with E-state index in [1.165, 1.54) is 30.6 Å². The minimum absolute atomic E-state index is 0.00547. The summed E-state index contributed by atoms with van der Waals surface area (Å²) in [4.78, 5) is 12.0. The lowest BCUT2D eigenvalue weighted by atomic mass is 10.3. The first-order valence-electron chi connectivity index (χ1n) is 7.75. The van der Waals surface area contributed by atoms with Gasteiger partial charge in [-0.3, -0.25) is 4.79 Å². The largest absolute Gasteiger partial charge is 0.497 e. The number of rotatable bonds is 8. The second-order valence-corrected chi connectivity index (χ2v) is 8.37. The number of nitrogens with one attached hydrogen (secondary N) is 2.